The first-order chi connectivity index (χ1) is 7.70. The van der Waals surface area contributed by atoms with Crippen LogP contribution in [0.3, 0.4) is 0 Å². The molecule has 1 saturated carbocycles. The maximum Gasteiger partial charge on any atom is 0.374 e. The van der Waals surface area contributed by atoms with E-state index in [0.717, 1.165) is 19.1 Å². The summed E-state index contributed by atoms with van der Waals surface area (Å²) in [6.07, 6.45) is 5.76. The van der Waals surface area contributed by atoms with E-state index in [1.807, 2.05) is 0 Å². The van der Waals surface area contributed by atoms with Crippen molar-refractivity contribution in [1.82, 2.24) is 9.97 Å². The maximum atomic E-state index is 10.7. The van der Waals surface area contributed by atoms with E-state index < -0.39 is 5.97 Å². The van der Waals surface area contributed by atoms with Crippen LogP contribution in [0, 0.1) is 5.41 Å². The number of carboxylic acids is 1. The Hall–Kier alpha value is -1.98. The first-order valence-electron chi connectivity index (χ1n) is 5.08. The average Bonchev–Trinajstić information content (AvgIpc) is 2.23. The van der Waals surface area contributed by atoms with E-state index in [2.05, 4.69) is 15.3 Å². The molecule has 0 spiro atoms. The third-order valence-electron chi connectivity index (χ3n) is 2.61. The van der Waals surface area contributed by atoms with Gasteiger partial charge in [-0.2, -0.15) is 0 Å². The SMILES string of the molecule is N=Cc1cnc(C(=O)O)nc1NC1CCC1. The molecule has 16 heavy (non-hydrogen) atoms. The molecule has 0 saturated heterocycles. The summed E-state index contributed by atoms with van der Waals surface area (Å²) in [5, 5.41) is 19.1. The second kappa shape index (κ2) is 4.26. The van der Waals surface area contributed by atoms with Crippen LogP contribution in [0.1, 0.15) is 35.4 Å². The van der Waals surface area contributed by atoms with E-state index in [0.29, 0.717) is 17.4 Å². The van der Waals surface area contributed by atoms with Crippen LogP contribution >= 0.6 is 0 Å². The van der Waals surface area contributed by atoms with Crippen LogP contribution in [0.2, 0.25) is 0 Å². The maximum absolute atomic E-state index is 10.7. The second-order valence-electron chi connectivity index (χ2n) is 3.72. The predicted molar refractivity (Wildman–Crippen MR) is 58.1 cm³/mol. The Kier molecular flexibility index (Phi) is 2.80. The average molecular weight is 220 g/mol. The first kappa shape index (κ1) is 10.5. The number of carboxylic acid groups (broad SMARTS) is 1. The molecule has 1 aromatic rings. The largest absolute Gasteiger partial charge is 0.475 e. The lowest BCUT2D eigenvalue weighted by Gasteiger charge is -2.27. The van der Waals surface area contributed by atoms with Crippen molar-refractivity contribution in [2.24, 2.45) is 0 Å². The van der Waals surface area contributed by atoms with Crippen molar-refractivity contribution >= 4 is 18.0 Å². The van der Waals surface area contributed by atoms with Gasteiger partial charge in [-0.25, -0.2) is 14.8 Å². The molecule has 0 unspecified atom stereocenters. The van der Waals surface area contributed by atoms with Crippen molar-refractivity contribution in [3.63, 3.8) is 0 Å². The highest BCUT2D eigenvalue weighted by Crippen LogP contribution is 2.23. The Bertz CT molecular complexity index is 429. The number of hydrogen-bond donors (Lipinski definition) is 3. The fourth-order valence-corrected chi connectivity index (χ4v) is 1.46. The Morgan fingerprint density at radius 3 is 2.88 bits per heavy atom. The van der Waals surface area contributed by atoms with Crippen molar-refractivity contribution in [2.45, 2.75) is 25.3 Å². The summed E-state index contributed by atoms with van der Waals surface area (Å²) in [6, 6.07) is 0.343. The Labute approximate surface area is 92.2 Å². The van der Waals surface area contributed by atoms with Crippen LogP contribution in [0.25, 0.3) is 0 Å². The van der Waals surface area contributed by atoms with Crippen molar-refractivity contribution in [1.29, 1.82) is 5.41 Å². The minimum absolute atomic E-state index is 0.243. The fourth-order valence-electron chi connectivity index (χ4n) is 1.46. The van der Waals surface area contributed by atoms with Gasteiger partial charge in [-0.05, 0) is 19.3 Å². The zero-order valence-electron chi connectivity index (χ0n) is 8.60. The summed E-state index contributed by atoms with van der Waals surface area (Å²) in [7, 11) is 0. The molecule has 0 amide bonds. The smallest absolute Gasteiger partial charge is 0.374 e. The number of anilines is 1. The van der Waals surface area contributed by atoms with E-state index in [1.165, 1.54) is 12.6 Å². The van der Waals surface area contributed by atoms with Crippen molar-refractivity contribution in [2.75, 3.05) is 5.32 Å². The molecule has 6 heteroatoms. The molecule has 1 aromatic heterocycles. The van der Waals surface area contributed by atoms with Gasteiger partial charge in [0.15, 0.2) is 0 Å². The summed E-state index contributed by atoms with van der Waals surface area (Å²) in [6.45, 7) is 0. The number of rotatable bonds is 4. The van der Waals surface area contributed by atoms with Crippen molar-refractivity contribution in [3.05, 3.63) is 17.6 Å². The molecule has 2 rings (SSSR count). The monoisotopic (exact) mass is 220 g/mol. The van der Waals surface area contributed by atoms with Gasteiger partial charge in [0.1, 0.15) is 5.82 Å². The van der Waals surface area contributed by atoms with E-state index >= 15 is 0 Å². The Balaban J connectivity index is 2.26. The summed E-state index contributed by atoms with van der Waals surface area (Å²) < 4.78 is 0. The molecule has 6 nitrogen and oxygen atoms in total. The lowest BCUT2D eigenvalue weighted by Crippen LogP contribution is -2.28. The van der Waals surface area contributed by atoms with Gasteiger partial charge in [-0.1, -0.05) is 0 Å². The van der Waals surface area contributed by atoms with Gasteiger partial charge >= 0.3 is 5.97 Å². The fraction of sp³-hybridized carbons (Fsp3) is 0.400. The summed E-state index contributed by atoms with van der Waals surface area (Å²) >= 11 is 0. The highest BCUT2D eigenvalue weighted by Gasteiger charge is 2.19. The van der Waals surface area contributed by atoms with E-state index in [4.69, 9.17) is 10.5 Å². The molecule has 3 N–H and O–H groups in total. The van der Waals surface area contributed by atoms with Crippen LogP contribution in [0.4, 0.5) is 5.82 Å². The highest BCUT2D eigenvalue weighted by molar-refractivity contribution is 5.87. The quantitative estimate of drug-likeness (QED) is 0.661. The number of nitrogens with one attached hydrogen (secondary N) is 2. The molecule has 1 aliphatic carbocycles. The number of nitrogens with zero attached hydrogens (tertiary/aromatic N) is 2. The molecule has 0 bridgehead atoms. The third-order valence-corrected chi connectivity index (χ3v) is 2.61. The molecule has 0 aromatic carbocycles. The van der Waals surface area contributed by atoms with Gasteiger partial charge < -0.3 is 15.8 Å². The minimum Gasteiger partial charge on any atom is -0.475 e. The lowest BCUT2D eigenvalue weighted by atomic mass is 9.93. The Morgan fingerprint density at radius 2 is 2.38 bits per heavy atom. The lowest BCUT2D eigenvalue weighted by molar-refractivity contribution is 0.0683. The molecule has 0 atom stereocenters. The molecule has 84 valence electrons. The molecule has 1 aliphatic rings. The minimum atomic E-state index is -1.16. The predicted octanol–water partition coefficient (Wildman–Crippen LogP) is 1.14. The van der Waals surface area contributed by atoms with Crippen LogP contribution in [0.5, 0.6) is 0 Å². The Morgan fingerprint density at radius 1 is 1.62 bits per heavy atom. The van der Waals surface area contributed by atoms with Crippen LogP contribution in [-0.4, -0.2) is 33.3 Å². The van der Waals surface area contributed by atoms with E-state index in [-0.39, 0.29) is 5.82 Å². The molecular formula is C10H12N4O2. The molecule has 0 radical (unpaired) electrons. The van der Waals surface area contributed by atoms with Crippen LogP contribution in [-0.2, 0) is 0 Å². The van der Waals surface area contributed by atoms with Crippen molar-refractivity contribution in [3.8, 4) is 0 Å². The van der Waals surface area contributed by atoms with Gasteiger partial charge in [0.25, 0.3) is 0 Å². The van der Waals surface area contributed by atoms with Crippen LogP contribution in [0.15, 0.2) is 6.20 Å². The molecular weight excluding hydrogens is 208 g/mol. The van der Waals surface area contributed by atoms with Gasteiger partial charge in [-0.3, -0.25) is 0 Å². The first-order valence-corrected chi connectivity index (χ1v) is 5.08. The number of aromatic nitrogens is 2. The summed E-state index contributed by atoms with van der Waals surface area (Å²) in [5.41, 5.74) is 0.511. The van der Waals surface area contributed by atoms with Crippen molar-refractivity contribution < 1.29 is 9.90 Å². The van der Waals surface area contributed by atoms with Crippen LogP contribution < -0.4 is 5.32 Å². The van der Waals surface area contributed by atoms with Gasteiger partial charge in [0.2, 0.25) is 5.82 Å². The van der Waals surface area contributed by atoms with E-state index in [9.17, 15) is 4.79 Å². The normalized spacial score (nSPS) is 15.2. The number of hydrogen-bond acceptors (Lipinski definition) is 5. The van der Waals surface area contributed by atoms with Gasteiger partial charge in [-0.15, -0.1) is 0 Å². The zero-order chi connectivity index (χ0) is 11.5. The third kappa shape index (κ3) is 2.00. The number of aromatic carboxylic acids is 1. The zero-order valence-corrected chi connectivity index (χ0v) is 8.60. The molecule has 1 fully saturated rings. The molecule has 1 heterocycles. The van der Waals surface area contributed by atoms with Gasteiger partial charge in [0, 0.05) is 18.5 Å². The highest BCUT2D eigenvalue weighted by atomic mass is 16.4. The molecule has 0 aliphatic heterocycles. The summed E-state index contributed by atoms with van der Waals surface area (Å²) in [5.74, 6) is -0.965. The van der Waals surface area contributed by atoms with Gasteiger partial charge in [0.05, 0.1) is 5.56 Å². The topological polar surface area (TPSA) is 99.0 Å². The summed E-state index contributed by atoms with van der Waals surface area (Å²) in [4.78, 5) is 18.3. The number of carbonyl (C=O) groups is 1. The van der Waals surface area contributed by atoms with E-state index in [1.54, 1.807) is 0 Å². The standard InChI is InChI=1S/C10H12N4O2/c11-4-6-5-12-9(10(15)16)14-8(6)13-7-2-1-3-7/h4-5,7,11H,1-3H2,(H,15,16)(H,12,13,14). The second-order valence-corrected chi connectivity index (χ2v) is 3.72.